The van der Waals surface area contributed by atoms with Crippen LogP contribution in [0.1, 0.15) is 27.2 Å². The van der Waals surface area contributed by atoms with Gasteiger partial charge in [0.15, 0.2) is 0 Å². The van der Waals surface area contributed by atoms with E-state index in [9.17, 15) is 0 Å². The highest BCUT2D eigenvalue weighted by molar-refractivity contribution is 5.57. The van der Waals surface area contributed by atoms with Gasteiger partial charge in [-0.25, -0.2) is 0 Å². The molecule has 0 saturated carbocycles. The van der Waals surface area contributed by atoms with E-state index >= 15 is 0 Å². The number of nitrogens with zero attached hydrogens (tertiary/aromatic N) is 2. The number of rotatable bonds is 4. The second-order valence-corrected chi connectivity index (χ2v) is 5.38. The summed E-state index contributed by atoms with van der Waals surface area (Å²) in [5, 5.41) is 3.38. The molecule has 1 saturated heterocycles. The average molecular weight is 249 g/mol. The maximum atomic E-state index is 5.55. The van der Waals surface area contributed by atoms with Crippen LogP contribution in [-0.4, -0.2) is 36.8 Å². The van der Waals surface area contributed by atoms with Crippen LogP contribution in [0.2, 0.25) is 0 Å². The molecule has 1 aromatic rings. The number of morpholine rings is 1. The number of nitrogens with one attached hydrogen (secondary N) is 1. The molecule has 0 aliphatic carbocycles. The van der Waals surface area contributed by atoms with Crippen molar-refractivity contribution in [1.82, 2.24) is 4.98 Å². The minimum absolute atomic E-state index is 0.0311. The average Bonchev–Trinajstić information content (AvgIpc) is 2.36. The molecule has 0 spiro atoms. The summed E-state index contributed by atoms with van der Waals surface area (Å²) < 4.78 is 5.55. The normalized spacial score (nSPS) is 18.7. The molecular formula is C14H23N3O. The van der Waals surface area contributed by atoms with Gasteiger partial charge in [0.25, 0.3) is 0 Å². The Hall–Kier alpha value is -1.29. The van der Waals surface area contributed by atoms with Crippen LogP contribution >= 0.6 is 0 Å². The number of hydrogen-bond acceptors (Lipinski definition) is 4. The Morgan fingerprint density at radius 3 is 3.00 bits per heavy atom. The molecule has 0 radical (unpaired) electrons. The van der Waals surface area contributed by atoms with Crippen molar-refractivity contribution < 1.29 is 4.74 Å². The second-order valence-electron chi connectivity index (χ2n) is 5.38. The molecule has 4 nitrogen and oxygen atoms in total. The third-order valence-corrected chi connectivity index (χ3v) is 3.26. The molecule has 0 atom stereocenters. The Balaban J connectivity index is 2.16. The predicted octanol–water partition coefficient (Wildman–Crippen LogP) is 2.52. The maximum absolute atomic E-state index is 5.55. The Morgan fingerprint density at radius 2 is 2.28 bits per heavy atom. The van der Waals surface area contributed by atoms with Crippen LogP contribution in [0, 0.1) is 0 Å². The summed E-state index contributed by atoms with van der Waals surface area (Å²) in [5.74, 6) is 0. The molecule has 18 heavy (non-hydrogen) atoms. The van der Waals surface area contributed by atoms with E-state index < -0.39 is 0 Å². The highest BCUT2D eigenvalue weighted by Gasteiger charge is 2.30. The van der Waals surface area contributed by atoms with E-state index in [0.717, 1.165) is 38.4 Å². The molecule has 0 aromatic carbocycles. The standard InChI is InChI=1S/C14H23N3O/c1-4-5-16-12-8-13(10-15-9-12)17-6-7-18-11-14(17,2)3/h8-10,16H,4-7,11H2,1-3H3. The topological polar surface area (TPSA) is 37.4 Å². The molecule has 0 amide bonds. The van der Waals surface area contributed by atoms with Gasteiger partial charge in [0, 0.05) is 13.1 Å². The monoisotopic (exact) mass is 249 g/mol. The Morgan fingerprint density at radius 1 is 1.44 bits per heavy atom. The van der Waals surface area contributed by atoms with Crippen molar-refractivity contribution in [3.8, 4) is 0 Å². The van der Waals surface area contributed by atoms with Gasteiger partial charge in [-0.3, -0.25) is 4.98 Å². The van der Waals surface area contributed by atoms with Gasteiger partial charge in [-0.05, 0) is 26.3 Å². The SMILES string of the molecule is CCCNc1cncc(N2CCOCC2(C)C)c1. The van der Waals surface area contributed by atoms with E-state index in [1.807, 2.05) is 12.4 Å². The Kier molecular flexibility index (Phi) is 4.07. The molecule has 2 rings (SSSR count). The van der Waals surface area contributed by atoms with Crippen LogP contribution < -0.4 is 10.2 Å². The van der Waals surface area contributed by atoms with Gasteiger partial charge >= 0.3 is 0 Å². The minimum Gasteiger partial charge on any atom is -0.384 e. The summed E-state index contributed by atoms with van der Waals surface area (Å²) in [5.41, 5.74) is 2.30. The molecule has 2 heterocycles. The fraction of sp³-hybridized carbons (Fsp3) is 0.643. The largest absolute Gasteiger partial charge is 0.384 e. The molecule has 4 heteroatoms. The maximum Gasteiger partial charge on any atom is 0.0694 e. The van der Waals surface area contributed by atoms with Crippen molar-refractivity contribution in [2.75, 3.05) is 36.5 Å². The van der Waals surface area contributed by atoms with Crippen LogP contribution in [0.25, 0.3) is 0 Å². The third-order valence-electron chi connectivity index (χ3n) is 3.26. The predicted molar refractivity (Wildman–Crippen MR) is 75.3 cm³/mol. The van der Waals surface area contributed by atoms with E-state index in [-0.39, 0.29) is 5.54 Å². The van der Waals surface area contributed by atoms with Gasteiger partial charge in [0.2, 0.25) is 0 Å². The highest BCUT2D eigenvalue weighted by atomic mass is 16.5. The van der Waals surface area contributed by atoms with Crippen molar-refractivity contribution in [2.45, 2.75) is 32.7 Å². The van der Waals surface area contributed by atoms with Gasteiger partial charge < -0.3 is 15.0 Å². The number of aromatic nitrogens is 1. The Bertz CT molecular complexity index is 392. The van der Waals surface area contributed by atoms with Crippen molar-refractivity contribution in [3.05, 3.63) is 18.5 Å². The lowest BCUT2D eigenvalue weighted by Crippen LogP contribution is -2.53. The number of ether oxygens (including phenoxy) is 1. The smallest absolute Gasteiger partial charge is 0.0694 e. The van der Waals surface area contributed by atoms with Crippen LogP contribution in [-0.2, 0) is 4.74 Å². The molecular weight excluding hydrogens is 226 g/mol. The van der Waals surface area contributed by atoms with Crippen molar-refractivity contribution in [2.24, 2.45) is 0 Å². The molecule has 1 aromatic heterocycles. The fourth-order valence-electron chi connectivity index (χ4n) is 2.28. The zero-order valence-corrected chi connectivity index (χ0v) is 11.6. The van der Waals surface area contributed by atoms with Gasteiger partial charge in [0.05, 0.1) is 42.5 Å². The van der Waals surface area contributed by atoms with Crippen LogP contribution in [0.3, 0.4) is 0 Å². The molecule has 1 aliphatic heterocycles. The van der Waals surface area contributed by atoms with Crippen LogP contribution in [0.4, 0.5) is 11.4 Å². The summed E-state index contributed by atoms with van der Waals surface area (Å²) >= 11 is 0. The van der Waals surface area contributed by atoms with E-state index in [1.165, 1.54) is 5.69 Å². The molecule has 1 N–H and O–H groups in total. The molecule has 1 fully saturated rings. The van der Waals surface area contributed by atoms with Crippen molar-refractivity contribution in [3.63, 3.8) is 0 Å². The first-order chi connectivity index (χ1) is 8.63. The van der Waals surface area contributed by atoms with Gasteiger partial charge in [-0.15, -0.1) is 0 Å². The van der Waals surface area contributed by atoms with Gasteiger partial charge in [-0.1, -0.05) is 6.92 Å². The number of anilines is 2. The third kappa shape index (κ3) is 2.93. The zero-order valence-electron chi connectivity index (χ0n) is 11.6. The first kappa shape index (κ1) is 13.1. The molecule has 1 aliphatic rings. The first-order valence-corrected chi connectivity index (χ1v) is 6.68. The molecule has 100 valence electrons. The van der Waals surface area contributed by atoms with Gasteiger partial charge in [0.1, 0.15) is 0 Å². The van der Waals surface area contributed by atoms with E-state index in [1.54, 1.807) is 0 Å². The van der Waals surface area contributed by atoms with Crippen LogP contribution in [0.15, 0.2) is 18.5 Å². The highest BCUT2D eigenvalue weighted by Crippen LogP contribution is 2.27. The summed E-state index contributed by atoms with van der Waals surface area (Å²) in [6, 6.07) is 2.18. The van der Waals surface area contributed by atoms with Crippen LogP contribution in [0.5, 0.6) is 0 Å². The summed E-state index contributed by atoms with van der Waals surface area (Å²) in [6.07, 6.45) is 4.93. The summed E-state index contributed by atoms with van der Waals surface area (Å²) in [6.45, 7) is 10.0. The minimum atomic E-state index is 0.0311. The van der Waals surface area contributed by atoms with E-state index in [0.29, 0.717) is 0 Å². The Labute approximate surface area is 109 Å². The summed E-state index contributed by atoms with van der Waals surface area (Å²) in [4.78, 5) is 6.71. The second kappa shape index (κ2) is 5.57. The van der Waals surface area contributed by atoms with Crippen molar-refractivity contribution >= 4 is 11.4 Å². The first-order valence-electron chi connectivity index (χ1n) is 6.68. The number of hydrogen-bond donors (Lipinski definition) is 1. The number of pyridine rings is 1. The molecule has 0 bridgehead atoms. The van der Waals surface area contributed by atoms with E-state index in [2.05, 4.69) is 42.0 Å². The van der Waals surface area contributed by atoms with Gasteiger partial charge in [-0.2, -0.15) is 0 Å². The zero-order chi connectivity index (χ0) is 13.0. The lowest BCUT2D eigenvalue weighted by atomic mass is 10.0. The molecule has 0 unspecified atom stereocenters. The summed E-state index contributed by atoms with van der Waals surface area (Å²) in [7, 11) is 0. The van der Waals surface area contributed by atoms with E-state index in [4.69, 9.17) is 4.74 Å². The lowest BCUT2D eigenvalue weighted by molar-refractivity contribution is 0.0644. The lowest BCUT2D eigenvalue weighted by Gasteiger charge is -2.43. The van der Waals surface area contributed by atoms with Crippen molar-refractivity contribution in [1.29, 1.82) is 0 Å². The quantitative estimate of drug-likeness (QED) is 0.889. The fourth-order valence-corrected chi connectivity index (χ4v) is 2.28.